The van der Waals surface area contributed by atoms with Crippen LogP contribution in [0.5, 0.6) is 0 Å². The van der Waals surface area contributed by atoms with E-state index >= 15 is 4.39 Å². The lowest BCUT2D eigenvalue weighted by Crippen LogP contribution is -2.61. The van der Waals surface area contributed by atoms with Crippen molar-refractivity contribution in [3.05, 3.63) is 40.4 Å². The minimum atomic E-state index is -2.06. The number of nitrogens with one attached hydrogen (secondary N) is 1. The highest BCUT2D eigenvalue weighted by atomic mass is 19.1. The summed E-state index contributed by atoms with van der Waals surface area (Å²) in [6, 6.07) is 4.04. The second-order valence-electron chi connectivity index (χ2n) is 23.9. The quantitative estimate of drug-likeness (QED) is 0.194. The molecular weight excluding hydrogens is 1010 g/mol. The zero-order chi connectivity index (χ0) is 57.3. The van der Waals surface area contributed by atoms with Crippen molar-refractivity contribution in [1.82, 2.24) is 19.7 Å². The molecule has 21 heteroatoms. The largest absolute Gasteiger partial charge is 0.459 e. The van der Waals surface area contributed by atoms with Crippen LogP contribution in [0.2, 0.25) is 0 Å². The van der Waals surface area contributed by atoms with Crippen molar-refractivity contribution in [2.75, 3.05) is 65.9 Å². The van der Waals surface area contributed by atoms with Gasteiger partial charge in [0.15, 0.2) is 24.1 Å². The fourth-order valence-corrected chi connectivity index (χ4v) is 12.5. The Labute approximate surface area is 459 Å². The predicted molar refractivity (Wildman–Crippen MR) is 288 cm³/mol. The molecular formula is C57H90FN5O15. The maximum absolute atomic E-state index is 15.6. The third-order valence-electron chi connectivity index (χ3n) is 17.6. The number of amides is 1. The monoisotopic (exact) mass is 1100 g/mol. The number of aromatic nitrogens is 1. The Morgan fingerprint density at radius 1 is 0.897 bits per heavy atom. The zero-order valence-corrected chi connectivity index (χ0v) is 48.4. The van der Waals surface area contributed by atoms with E-state index in [0.29, 0.717) is 56.3 Å². The van der Waals surface area contributed by atoms with Crippen LogP contribution in [0.3, 0.4) is 0 Å². The van der Waals surface area contributed by atoms with E-state index in [0.717, 1.165) is 18.4 Å². The van der Waals surface area contributed by atoms with Crippen molar-refractivity contribution >= 4 is 34.4 Å². The van der Waals surface area contributed by atoms with Crippen molar-refractivity contribution in [1.29, 1.82) is 0 Å². The molecule has 20 nitrogen and oxygen atoms in total. The summed E-state index contributed by atoms with van der Waals surface area (Å²) < 4.78 is 69.3. The minimum Gasteiger partial charge on any atom is -0.459 e. The van der Waals surface area contributed by atoms with E-state index in [9.17, 15) is 34.5 Å². The molecule has 0 spiro atoms. The van der Waals surface area contributed by atoms with Gasteiger partial charge in [0.1, 0.15) is 29.2 Å². The van der Waals surface area contributed by atoms with Gasteiger partial charge in [-0.2, -0.15) is 0 Å². The topological polar surface area (TPSA) is 229 Å². The molecule has 1 saturated carbocycles. The number of methoxy groups -OCH3 is 2. The van der Waals surface area contributed by atoms with Crippen LogP contribution in [0.15, 0.2) is 29.2 Å². The van der Waals surface area contributed by atoms with Crippen LogP contribution in [0.4, 0.5) is 10.1 Å². The van der Waals surface area contributed by atoms with Crippen LogP contribution in [0.1, 0.15) is 120 Å². The molecule has 7 rings (SSSR count). The van der Waals surface area contributed by atoms with Gasteiger partial charge in [0.25, 0.3) is 0 Å². The first-order valence-corrected chi connectivity index (χ1v) is 28.2. The Hall–Kier alpha value is -3.87. The molecule has 1 aromatic heterocycles. The number of hydrogen-bond acceptors (Lipinski definition) is 18. The lowest BCUT2D eigenvalue weighted by molar-refractivity contribution is -0.320. The first-order chi connectivity index (χ1) is 36.7. The number of aliphatic hydroxyl groups is 3. The summed E-state index contributed by atoms with van der Waals surface area (Å²) in [4.78, 5) is 60.9. The number of pyridine rings is 1. The molecule has 1 aromatic carbocycles. The Morgan fingerprint density at radius 3 is 2.17 bits per heavy atom. The number of piperazine rings is 1. The number of fused-ring (bicyclic) bond motifs is 1. The third kappa shape index (κ3) is 13.4. The van der Waals surface area contributed by atoms with Crippen molar-refractivity contribution in [2.24, 2.45) is 17.8 Å². The molecule has 5 heterocycles. The fraction of sp³-hybridized carbons (Fsp3) is 0.789. The number of halogens is 1. The summed E-state index contributed by atoms with van der Waals surface area (Å²) in [5, 5.41) is 38.6. The van der Waals surface area contributed by atoms with Crippen LogP contribution in [0.25, 0.3) is 10.9 Å². The Kier molecular flexibility index (Phi) is 19.9. The number of benzene rings is 1. The van der Waals surface area contributed by atoms with E-state index in [4.69, 9.17) is 37.9 Å². The number of carbonyl (C=O) groups excluding carboxylic acids is 3. The number of hydrogen-bond donors (Lipinski definition) is 4. The molecule has 0 unspecified atom stereocenters. The van der Waals surface area contributed by atoms with E-state index in [1.54, 1.807) is 46.9 Å². The highest BCUT2D eigenvalue weighted by Crippen LogP contribution is 2.42. The van der Waals surface area contributed by atoms with Gasteiger partial charge in [0, 0.05) is 95.1 Å². The summed E-state index contributed by atoms with van der Waals surface area (Å²) >= 11 is 0. The molecule has 2 aromatic rings. The predicted octanol–water partition coefficient (Wildman–Crippen LogP) is 4.29. The van der Waals surface area contributed by atoms with Gasteiger partial charge in [-0.25, -0.2) is 4.39 Å². The lowest BCUT2D eigenvalue weighted by Gasteiger charge is -2.50. The van der Waals surface area contributed by atoms with E-state index in [2.05, 4.69) is 14.8 Å². The van der Waals surface area contributed by atoms with Crippen molar-refractivity contribution in [3.8, 4) is 0 Å². The molecule has 18 atom stereocenters. The number of rotatable bonds is 14. The number of cyclic esters (lactones) is 1. The highest BCUT2D eigenvalue weighted by molar-refractivity contribution is 5.83. The maximum Gasteiger partial charge on any atom is 0.311 e. The maximum atomic E-state index is 15.6. The van der Waals surface area contributed by atoms with Gasteiger partial charge < -0.3 is 72.9 Å². The molecule has 440 valence electrons. The molecule has 1 aliphatic carbocycles. The van der Waals surface area contributed by atoms with Gasteiger partial charge in [-0.3, -0.25) is 24.1 Å². The summed E-state index contributed by atoms with van der Waals surface area (Å²) in [6.07, 6.45) is -5.61. The number of nitrogens with zero attached hydrogens (tertiary/aromatic N) is 4. The van der Waals surface area contributed by atoms with Crippen molar-refractivity contribution in [3.63, 3.8) is 0 Å². The minimum absolute atomic E-state index is 0.0415. The number of aliphatic hydroxyl groups excluding tert-OH is 2. The van der Waals surface area contributed by atoms with Gasteiger partial charge in [0.2, 0.25) is 5.91 Å². The molecule has 1 amide bonds. The number of esters is 2. The van der Waals surface area contributed by atoms with E-state index in [-0.39, 0.29) is 43.3 Å². The summed E-state index contributed by atoms with van der Waals surface area (Å²) in [6.45, 7) is 19.7. The molecule has 0 radical (unpaired) electrons. The smallest absolute Gasteiger partial charge is 0.311 e. The second-order valence-corrected chi connectivity index (χ2v) is 23.9. The van der Waals surface area contributed by atoms with Gasteiger partial charge in [0.05, 0.1) is 65.6 Å². The van der Waals surface area contributed by atoms with E-state index < -0.39 is 120 Å². The first kappa shape index (κ1) is 61.7. The van der Waals surface area contributed by atoms with Crippen LogP contribution >= 0.6 is 0 Å². The zero-order valence-electron chi connectivity index (χ0n) is 48.4. The normalized spacial score (nSPS) is 39.1. The van der Waals surface area contributed by atoms with Gasteiger partial charge in [-0.1, -0.05) is 20.8 Å². The molecule has 4 N–H and O–H groups in total. The molecule has 5 fully saturated rings. The third-order valence-corrected chi connectivity index (χ3v) is 17.6. The molecule has 5 aliphatic rings. The van der Waals surface area contributed by atoms with Crippen molar-refractivity contribution in [2.45, 2.75) is 211 Å². The average Bonchev–Trinajstić information content (AvgIpc) is 4.26. The van der Waals surface area contributed by atoms with Gasteiger partial charge in [-0.05, 0) is 107 Å². The Morgan fingerprint density at radius 2 is 1.55 bits per heavy atom. The molecule has 4 aliphatic heterocycles. The SMILES string of the molecule is CC[C@H]1OC(=O)[C@H](C)[C@@H](O[C@H]2C[C@@](C)(OC)[C@@H](OC(=O)CCN3CCN(c4cc5c(cc4F)c(=O)ccn5C4CC4)CC3)[C@H](C)O2)[C@H](C)[C@@H](O[C@@H]2O[C@H](C)C[C@H](N(C)C)[C@H]2O)[C@](C)(OC)C[C@@H](C)NC(=O)[C@H](C)[C@@H](O)[C@]1(C)O. The number of anilines is 1. The van der Waals surface area contributed by atoms with Crippen LogP contribution < -0.4 is 15.6 Å². The molecule has 78 heavy (non-hydrogen) atoms. The average molecular weight is 1100 g/mol. The number of carbonyl (C=O) groups is 3. The summed E-state index contributed by atoms with van der Waals surface area (Å²) in [7, 11) is 6.78. The Bertz CT molecular complexity index is 2450. The van der Waals surface area contributed by atoms with E-state index in [1.165, 1.54) is 40.2 Å². The van der Waals surface area contributed by atoms with Gasteiger partial charge in [-0.15, -0.1) is 0 Å². The van der Waals surface area contributed by atoms with E-state index in [1.807, 2.05) is 44.7 Å². The lowest BCUT2D eigenvalue weighted by atomic mass is 9.78. The Balaban J connectivity index is 1.09. The summed E-state index contributed by atoms with van der Waals surface area (Å²) in [5.41, 5.74) is -3.51. The molecule has 4 saturated heterocycles. The van der Waals surface area contributed by atoms with Crippen molar-refractivity contribution < 1.29 is 72.0 Å². The van der Waals surface area contributed by atoms with Crippen LogP contribution in [0, 0.1) is 23.6 Å². The number of likely N-dealkylation sites (N-methyl/N-ethyl adjacent to an activating group) is 1. The summed E-state index contributed by atoms with van der Waals surface area (Å²) in [5.74, 6) is -5.25. The molecule has 0 bridgehead atoms. The second kappa shape index (κ2) is 25.1. The fourth-order valence-electron chi connectivity index (χ4n) is 12.5. The number of ether oxygens (including phenoxy) is 8. The first-order valence-electron chi connectivity index (χ1n) is 28.2. The van der Waals surface area contributed by atoms with Crippen LogP contribution in [-0.4, -0.2) is 199 Å². The van der Waals surface area contributed by atoms with Gasteiger partial charge >= 0.3 is 11.9 Å². The highest BCUT2D eigenvalue weighted by Gasteiger charge is 2.54. The standard InChI is InChI=1S/C57H90FN5O15/c1-15-44-57(10,70)49(67)35(6)52(68)59-31(2)29-55(8,71-13)50(78-54-47(66)42(60(11)12)26-32(3)73-54)33(4)48(34(5)53(69)75-44)77-46-30-56(9,72-14)51(36(7)74-46)76-45(65)19-20-61-22-24-62(25-23-61)41-28-40-38(27-39(41)58)43(64)18-21-63(40)37-16-17-37/h18,21,27-28,31-37,42,44,46-51,54,66-67,70H,15-17,19-20,22-26,29-30H2,1-14H3,(H,59,68)/t31-,32-,33+,34-,35-,36+,42+,44-,46+,47-,48+,49-,50-,51+,54+,55-,56-,57-/m1/s1. The van der Waals surface area contributed by atoms with Crippen LogP contribution in [-0.2, 0) is 52.3 Å².